The minimum absolute atomic E-state index is 0. The predicted octanol–water partition coefficient (Wildman–Crippen LogP) is 6.23. The zero-order chi connectivity index (χ0) is 13.1. The normalized spacial score (nSPS) is 54.3. The zero-order valence-corrected chi connectivity index (χ0v) is 14.3. The van der Waals surface area contributed by atoms with E-state index in [9.17, 15) is 0 Å². The molecule has 0 amide bonds. The molecule has 0 aliphatic heterocycles. The maximum Gasteiger partial charge on any atom is -0.0266 e. The van der Waals surface area contributed by atoms with Crippen molar-refractivity contribution >= 4 is 12.4 Å². The van der Waals surface area contributed by atoms with E-state index in [-0.39, 0.29) is 12.4 Å². The van der Waals surface area contributed by atoms with Gasteiger partial charge >= 0.3 is 0 Å². The van der Waals surface area contributed by atoms with E-state index in [0.29, 0.717) is 0 Å². The molecule has 0 aromatic heterocycles. The minimum Gasteiger partial charge on any atom is -0.147 e. The van der Waals surface area contributed by atoms with Gasteiger partial charge in [-0.25, -0.2) is 0 Å². The van der Waals surface area contributed by atoms with Gasteiger partial charge in [-0.1, -0.05) is 33.1 Å². The molecule has 4 saturated carbocycles. The molecule has 0 radical (unpaired) electrons. The molecule has 6 atom stereocenters. The summed E-state index contributed by atoms with van der Waals surface area (Å²) in [5, 5.41) is 0. The lowest BCUT2D eigenvalue weighted by molar-refractivity contribution is -0.103. The lowest BCUT2D eigenvalue weighted by Crippen LogP contribution is -2.51. The highest BCUT2D eigenvalue weighted by molar-refractivity contribution is 5.85. The van der Waals surface area contributed by atoms with E-state index >= 15 is 0 Å². The number of rotatable bonds is 0. The number of hydrogen-bond donors (Lipinski definition) is 0. The van der Waals surface area contributed by atoms with Gasteiger partial charge in [-0.2, -0.15) is 0 Å². The topological polar surface area (TPSA) is 0 Å². The molecule has 4 aliphatic carbocycles. The van der Waals surface area contributed by atoms with Crippen molar-refractivity contribution in [2.24, 2.45) is 34.5 Å². The van der Waals surface area contributed by atoms with E-state index in [1.165, 1.54) is 19.3 Å². The molecule has 0 spiro atoms. The summed E-state index contributed by atoms with van der Waals surface area (Å²) in [5.74, 6) is 4.41. The SMILES string of the molecule is C[C@@]12CCC[C@H]1[C@@H]1CCC3CCCC[C@]3(C)[C@@H]1CC2.Cl. The summed E-state index contributed by atoms with van der Waals surface area (Å²) in [5.41, 5.74) is 1.49. The largest absolute Gasteiger partial charge is 0.147 e. The van der Waals surface area contributed by atoms with Gasteiger partial charge in [-0.3, -0.25) is 0 Å². The summed E-state index contributed by atoms with van der Waals surface area (Å²) < 4.78 is 0. The van der Waals surface area contributed by atoms with Gasteiger partial charge in [0.05, 0.1) is 0 Å². The van der Waals surface area contributed by atoms with Crippen LogP contribution in [0.15, 0.2) is 0 Å². The number of hydrogen-bond acceptors (Lipinski definition) is 0. The molecule has 0 N–H and O–H groups in total. The van der Waals surface area contributed by atoms with Gasteiger partial charge in [-0.15, -0.1) is 12.4 Å². The monoisotopic (exact) mass is 296 g/mol. The summed E-state index contributed by atoms with van der Waals surface area (Å²) in [6, 6.07) is 0. The highest BCUT2D eigenvalue weighted by Crippen LogP contribution is 2.66. The standard InChI is InChI=1S/C19H32.ClH/c1-18-11-5-7-16(18)15-9-8-14-6-3-4-12-19(14,2)17(15)10-13-18;/h14-17H,3-13H2,1-2H3;1H/t14?,15-,16-,17+,18-,19-;/m0./s1. The first kappa shape index (κ1) is 15.2. The molecule has 4 rings (SSSR count). The van der Waals surface area contributed by atoms with Crippen LogP contribution in [-0.4, -0.2) is 0 Å². The second kappa shape index (κ2) is 5.18. The minimum atomic E-state index is 0. The molecule has 20 heavy (non-hydrogen) atoms. The third-order valence-corrected chi connectivity index (χ3v) is 8.36. The number of halogens is 1. The smallest absolute Gasteiger partial charge is 0.0266 e. The van der Waals surface area contributed by atoms with Gasteiger partial charge in [0.2, 0.25) is 0 Å². The first-order valence-corrected chi connectivity index (χ1v) is 9.13. The van der Waals surface area contributed by atoms with Crippen LogP contribution < -0.4 is 0 Å². The van der Waals surface area contributed by atoms with E-state index in [2.05, 4.69) is 13.8 Å². The van der Waals surface area contributed by atoms with Crippen LogP contribution in [-0.2, 0) is 0 Å². The second-order valence-corrected chi connectivity index (χ2v) is 8.99. The summed E-state index contributed by atoms with van der Waals surface area (Å²) >= 11 is 0. The van der Waals surface area contributed by atoms with Crippen molar-refractivity contribution in [3.8, 4) is 0 Å². The third-order valence-electron chi connectivity index (χ3n) is 8.36. The highest BCUT2D eigenvalue weighted by Gasteiger charge is 2.56. The third kappa shape index (κ3) is 2.00. The van der Waals surface area contributed by atoms with Gasteiger partial charge in [0, 0.05) is 0 Å². The fourth-order valence-electron chi connectivity index (χ4n) is 7.29. The lowest BCUT2D eigenvalue weighted by Gasteiger charge is -2.60. The van der Waals surface area contributed by atoms with Gasteiger partial charge in [0.15, 0.2) is 0 Å². The highest BCUT2D eigenvalue weighted by atomic mass is 35.5. The molecule has 0 heterocycles. The van der Waals surface area contributed by atoms with Crippen LogP contribution in [0.5, 0.6) is 0 Å². The van der Waals surface area contributed by atoms with Crippen LogP contribution >= 0.6 is 12.4 Å². The molecule has 0 aromatic carbocycles. The van der Waals surface area contributed by atoms with Crippen molar-refractivity contribution in [3.05, 3.63) is 0 Å². The van der Waals surface area contributed by atoms with Crippen LogP contribution in [0.3, 0.4) is 0 Å². The second-order valence-electron chi connectivity index (χ2n) is 8.99. The van der Waals surface area contributed by atoms with Crippen molar-refractivity contribution in [1.82, 2.24) is 0 Å². The average molecular weight is 297 g/mol. The fourth-order valence-corrected chi connectivity index (χ4v) is 7.29. The Bertz CT molecular complexity index is 365. The first-order chi connectivity index (χ1) is 9.13. The van der Waals surface area contributed by atoms with Gasteiger partial charge < -0.3 is 0 Å². The molecule has 0 saturated heterocycles. The first-order valence-electron chi connectivity index (χ1n) is 9.13. The predicted molar refractivity (Wildman–Crippen MR) is 88.2 cm³/mol. The van der Waals surface area contributed by atoms with Gasteiger partial charge in [-0.05, 0) is 85.9 Å². The Morgan fingerprint density at radius 1 is 0.700 bits per heavy atom. The maximum atomic E-state index is 2.70. The Labute approximate surface area is 131 Å². The van der Waals surface area contributed by atoms with Crippen molar-refractivity contribution < 1.29 is 0 Å². The molecule has 0 aromatic rings. The molecule has 0 nitrogen and oxygen atoms in total. The Kier molecular flexibility index (Phi) is 3.94. The fraction of sp³-hybridized carbons (Fsp3) is 1.00. The Balaban J connectivity index is 0.00000121. The molecule has 4 fully saturated rings. The van der Waals surface area contributed by atoms with Crippen LogP contribution in [0.1, 0.15) is 84.5 Å². The zero-order valence-electron chi connectivity index (χ0n) is 13.5. The lowest BCUT2D eigenvalue weighted by atomic mass is 9.45. The van der Waals surface area contributed by atoms with Crippen molar-refractivity contribution in [1.29, 1.82) is 0 Å². The van der Waals surface area contributed by atoms with Crippen LogP contribution in [0, 0.1) is 34.5 Å². The Morgan fingerprint density at radius 2 is 1.55 bits per heavy atom. The van der Waals surface area contributed by atoms with Gasteiger partial charge in [0.1, 0.15) is 0 Å². The van der Waals surface area contributed by atoms with E-state index in [1.54, 1.807) is 51.4 Å². The van der Waals surface area contributed by atoms with Crippen LogP contribution in [0.2, 0.25) is 0 Å². The van der Waals surface area contributed by atoms with Crippen molar-refractivity contribution in [3.63, 3.8) is 0 Å². The maximum absolute atomic E-state index is 2.70. The van der Waals surface area contributed by atoms with Crippen molar-refractivity contribution in [2.45, 2.75) is 84.5 Å². The molecule has 1 unspecified atom stereocenters. The molecule has 1 heteroatoms. The summed E-state index contributed by atoms with van der Waals surface area (Å²) in [6.45, 7) is 5.33. The molecule has 4 aliphatic rings. The van der Waals surface area contributed by atoms with Crippen molar-refractivity contribution in [2.75, 3.05) is 0 Å². The average Bonchev–Trinajstić information content (AvgIpc) is 2.79. The Morgan fingerprint density at radius 3 is 2.40 bits per heavy atom. The Hall–Kier alpha value is 0.290. The quantitative estimate of drug-likeness (QED) is 0.497. The van der Waals surface area contributed by atoms with Gasteiger partial charge in [0.25, 0.3) is 0 Å². The number of fused-ring (bicyclic) bond motifs is 5. The summed E-state index contributed by atoms with van der Waals surface area (Å²) in [4.78, 5) is 0. The molecular weight excluding hydrogens is 264 g/mol. The van der Waals surface area contributed by atoms with E-state index in [4.69, 9.17) is 0 Å². The van der Waals surface area contributed by atoms with E-state index < -0.39 is 0 Å². The molecular formula is C19H33Cl. The summed E-state index contributed by atoms with van der Waals surface area (Å²) in [6.07, 6.45) is 17.1. The molecule has 0 bridgehead atoms. The summed E-state index contributed by atoms with van der Waals surface area (Å²) in [7, 11) is 0. The van der Waals surface area contributed by atoms with E-state index in [0.717, 1.165) is 34.5 Å². The molecule has 116 valence electrons. The van der Waals surface area contributed by atoms with Crippen LogP contribution in [0.25, 0.3) is 0 Å². The van der Waals surface area contributed by atoms with E-state index in [1.807, 2.05) is 0 Å². The van der Waals surface area contributed by atoms with Crippen LogP contribution in [0.4, 0.5) is 0 Å².